The second kappa shape index (κ2) is 8.10. The topological polar surface area (TPSA) is 81.7 Å². The maximum atomic E-state index is 12.7. The van der Waals surface area contributed by atoms with Crippen molar-refractivity contribution in [3.05, 3.63) is 59.2 Å². The molecule has 1 saturated heterocycles. The van der Waals surface area contributed by atoms with Gasteiger partial charge in [0.2, 0.25) is 0 Å². The number of hydrogen-bond donors (Lipinski definition) is 1. The van der Waals surface area contributed by atoms with E-state index in [0.29, 0.717) is 17.9 Å². The van der Waals surface area contributed by atoms with Crippen molar-refractivity contribution in [2.45, 2.75) is 37.7 Å². The van der Waals surface area contributed by atoms with Crippen LogP contribution in [0.1, 0.15) is 34.3 Å². The Balaban J connectivity index is 1.77. The summed E-state index contributed by atoms with van der Waals surface area (Å²) in [6, 6.07) is 11.5. The van der Waals surface area contributed by atoms with Gasteiger partial charge in [0.15, 0.2) is 0 Å². The molecule has 3 rings (SSSR count). The lowest BCUT2D eigenvalue weighted by molar-refractivity contribution is 0.0160. The van der Waals surface area contributed by atoms with Crippen molar-refractivity contribution < 1.29 is 22.7 Å². The minimum Gasteiger partial charge on any atom is -0.459 e. The first-order chi connectivity index (χ1) is 12.8. The van der Waals surface area contributed by atoms with Crippen molar-refractivity contribution in [1.29, 1.82) is 0 Å². The Morgan fingerprint density at radius 3 is 2.74 bits per heavy atom. The van der Waals surface area contributed by atoms with Gasteiger partial charge in [-0.25, -0.2) is 13.2 Å². The molecule has 1 aliphatic rings. The molecule has 2 aromatic rings. The van der Waals surface area contributed by atoms with Crippen LogP contribution in [0.2, 0.25) is 0 Å². The summed E-state index contributed by atoms with van der Waals surface area (Å²) in [7, 11) is -3.82. The summed E-state index contributed by atoms with van der Waals surface area (Å²) >= 11 is 0. The van der Waals surface area contributed by atoms with E-state index in [1.54, 1.807) is 31.2 Å². The maximum Gasteiger partial charge on any atom is 0.338 e. The molecule has 1 aliphatic heterocycles. The third-order valence-corrected chi connectivity index (χ3v) is 5.81. The zero-order valence-electron chi connectivity index (χ0n) is 15.4. The zero-order valence-corrected chi connectivity index (χ0v) is 16.2. The number of hydrogen-bond acceptors (Lipinski definition) is 5. The van der Waals surface area contributed by atoms with Crippen LogP contribution >= 0.6 is 0 Å². The first-order valence-corrected chi connectivity index (χ1v) is 10.3. The molecular formula is C20H23NO5S. The Kier molecular flexibility index (Phi) is 5.82. The molecule has 0 aromatic heterocycles. The molecule has 6 nitrogen and oxygen atoms in total. The highest BCUT2D eigenvalue weighted by Gasteiger charge is 2.21. The van der Waals surface area contributed by atoms with E-state index in [4.69, 9.17) is 9.47 Å². The molecule has 0 spiro atoms. The smallest absolute Gasteiger partial charge is 0.338 e. The number of ether oxygens (including phenoxy) is 2. The first-order valence-electron chi connectivity index (χ1n) is 8.84. The van der Waals surface area contributed by atoms with Crippen LogP contribution in [0.5, 0.6) is 0 Å². The Morgan fingerprint density at radius 2 is 2.04 bits per heavy atom. The Hall–Kier alpha value is -2.38. The predicted octanol–water partition coefficient (Wildman–Crippen LogP) is 3.44. The average molecular weight is 389 g/mol. The number of anilines is 1. The summed E-state index contributed by atoms with van der Waals surface area (Å²) in [5, 5.41) is 0. The van der Waals surface area contributed by atoms with Crippen LogP contribution in [-0.2, 0) is 19.5 Å². The quantitative estimate of drug-likeness (QED) is 0.766. The van der Waals surface area contributed by atoms with Crippen molar-refractivity contribution in [3.8, 4) is 0 Å². The molecule has 0 radical (unpaired) electrons. The zero-order chi connectivity index (χ0) is 19.4. The number of benzene rings is 2. The summed E-state index contributed by atoms with van der Waals surface area (Å²) in [6.45, 7) is 4.48. The summed E-state index contributed by atoms with van der Waals surface area (Å²) in [5.41, 5.74) is 2.30. The Bertz CT molecular complexity index is 933. The fourth-order valence-corrected chi connectivity index (χ4v) is 4.01. The van der Waals surface area contributed by atoms with Gasteiger partial charge in [-0.05, 0) is 62.1 Å². The van der Waals surface area contributed by atoms with Crippen LogP contribution in [0.25, 0.3) is 0 Å². The number of esters is 1. The van der Waals surface area contributed by atoms with E-state index in [-0.39, 0.29) is 23.2 Å². The molecule has 0 amide bonds. The molecule has 2 aromatic carbocycles. The lowest BCUT2D eigenvalue weighted by Gasteiger charge is -2.13. The third kappa shape index (κ3) is 4.87. The lowest BCUT2D eigenvalue weighted by atomic mass is 10.1. The van der Waals surface area contributed by atoms with E-state index < -0.39 is 16.0 Å². The fourth-order valence-electron chi connectivity index (χ4n) is 2.93. The average Bonchev–Trinajstić information content (AvgIpc) is 3.13. The van der Waals surface area contributed by atoms with E-state index in [0.717, 1.165) is 18.4 Å². The van der Waals surface area contributed by atoms with Crippen molar-refractivity contribution >= 4 is 21.7 Å². The van der Waals surface area contributed by atoms with Crippen LogP contribution in [0.15, 0.2) is 47.4 Å². The number of sulfonamides is 1. The van der Waals surface area contributed by atoms with E-state index >= 15 is 0 Å². The van der Waals surface area contributed by atoms with E-state index in [2.05, 4.69) is 4.72 Å². The van der Waals surface area contributed by atoms with Gasteiger partial charge in [-0.3, -0.25) is 4.72 Å². The molecule has 1 atom stereocenters. The van der Waals surface area contributed by atoms with Crippen molar-refractivity contribution in [3.63, 3.8) is 0 Å². The molecule has 0 unspecified atom stereocenters. The van der Waals surface area contributed by atoms with Crippen LogP contribution < -0.4 is 4.72 Å². The molecule has 0 aliphatic carbocycles. The molecular weight excluding hydrogens is 366 g/mol. The van der Waals surface area contributed by atoms with Crippen molar-refractivity contribution in [2.24, 2.45) is 0 Å². The van der Waals surface area contributed by atoms with Gasteiger partial charge in [0.05, 0.1) is 16.6 Å². The highest BCUT2D eigenvalue weighted by molar-refractivity contribution is 7.92. The van der Waals surface area contributed by atoms with Gasteiger partial charge in [-0.1, -0.05) is 18.2 Å². The van der Waals surface area contributed by atoms with Crippen LogP contribution in [0.4, 0.5) is 5.69 Å². The molecule has 144 valence electrons. The van der Waals surface area contributed by atoms with Gasteiger partial charge < -0.3 is 9.47 Å². The first kappa shape index (κ1) is 19.4. The highest BCUT2D eigenvalue weighted by Crippen LogP contribution is 2.21. The maximum absolute atomic E-state index is 12.7. The van der Waals surface area contributed by atoms with E-state index in [9.17, 15) is 13.2 Å². The third-order valence-electron chi connectivity index (χ3n) is 4.43. The number of rotatable bonds is 6. The molecule has 0 bridgehead atoms. The number of carbonyl (C=O) groups is 1. The van der Waals surface area contributed by atoms with Crippen LogP contribution in [-0.4, -0.2) is 33.7 Å². The van der Waals surface area contributed by atoms with Crippen LogP contribution in [0.3, 0.4) is 0 Å². The standard InChI is InChI=1S/C20H23NO5S/c1-14-5-3-6-16(11-14)21-27(23,24)18-9-8-15(2)19(12-18)20(22)26-13-17-7-4-10-25-17/h3,5-6,8-9,11-12,17,21H,4,7,10,13H2,1-2H3/t17-/m1/s1. The second-order valence-corrected chi connectivity index (χ2v) is 8.37. The van der Waals surface area contributed by atoms with Gasteiger partial charge in [0.25, 0.3) is 10.0 Å². The minimum absolute atomic E-state index is 0.0127. The lowest BCUT2D eigenvalue weighted by Crippen LogP contribution is -2.19. The van der Waals surface area contributed by atoms with E-state index in [1.165, 1.54) is 12.1 Å². The predicted molar refractivity (Wildman–Crippen MR) is 102 cm³/mol. The van der Waals surface area contributed by atoms with Gasteiger partial charge in [-0.15, -0.1) is 0 Å². The molecule has 1 N–H and O–H groups in total. The van der Waals surface area contributed by atoms with Gasteiger partial charge >= 0.3 is 5.97 Å². The molecule has 27 heavy (non-hydrogen) atoms. The summed E-state index contributed by atoms with van der Waals surface area (Å²) in [4.78, 5) is 12.4. The summed E-state index contributed by atoms with van der Waals surface area (Å²) in [6.07, 6.45) is 1.74. The molecule has 7 heteroatoms. The second-order valence-electron chi connectivity index (χ2n) is 6.69. The monoisotopic (exact) mass is 389 g/mol. The van der Waals surface area contributed by atoms with Crippen molar-refractivity contribution in [1.82, 2.24) is 0 Å². The summed E-state index contributed by atoms with van der Waals surface area (Å²) in [5.74, 6) is -0.546. The molecule has 0 saturated carbocycles. The van der Waals surface area contributed by atoms with Crippen molar-refractivity contribution in [2.75, 3.05) is 17.9 Å². The van der Waals surface area contributed by atoms with E-state index in [1.807, 2.05) is 13.0 Å². The summed E-state index contributed by atoms with van der Waals surface area (Å²) < 4.78 is 38.7. The van der Waals surface area contributed by atoms with Gasteiger partial charge in [0.1, 0.15) is 6.61 Å². The fraction of sp³-hybridized carbons (Fsp3) is 0.350. The highest BCUT2D eigenvalue weighted by atomic mass is 32.2. The Morgan fingerprint density at radius 1 is 1.22 bits per heavy atom. The number of nitrogens with one attached hydrogen (secondary N) is 1. The molecule has 1 fully saturated rings. The number of aryl methyl sites for hydroxylation is 2. The SMILES string of the molecule is Cc1cccc(NS(=O)(=O)c2ccc(C)c(C(=O)OC[C@H]3CCCO3)c2)c1. The molecule has 1 heterocycles. The Labute approximate surface area is 159 Å². The minimum atomic E-state index is -3.82. The van der Waals surface area contributed by atoms with Gasteiger partial charge in [0, 0.05) is 12.3 Å². The van der Waals surface area contributed by atoms with Crippen LogP contribution in [0, 0.1) is 13.8 Å². The van der Waals surface area contributed by atoms with Gasteiger partial charge in [-0.2, -0.15) is 0 Å². The normalized spacial score (nSPS) is 16.9. The number of carbonyl (C=O) groups excluding carboxylic acids is 1. The largest absolute Gasteiger partial charge is 0.459 e.